The molecule has 0 aliphatic rings. The van der Waals surface area contributed by atoms with Crippen LogP contribution in [0.2, 0.25) is 0 Å². The SMILES string of the molecule is CC(=O)C(C)C(=O)[O-].CC(=O)C(C)C(=O)[O-].CC(=O)C(C)C(=O)[O-].CC(C)C[O][Ti+3]. The number of aliphatic carboxylic acids is 3. The summed E-state index contributed by atoms with van der Waals surface area (Å²) in [6.45, 7) is 12.7. The summed E-state index contributed by atoms with van der Waals surface area (Å²) in [4.78, 5) is 59.9. The van der Waals surface area contributed by atoms with Crippen molar-refractivity contribution in [3.05, 3.63) is 0 Å². The molecule has 0 aliphatic carbocycles. The van der Waals surface area contributed by atoms with Gasteiger partial charge in [-0.25, -0.2) is 0 Å². The average Bonchev–Trinajstić information content (AvgIpc) is 2.60. The topological polar surface area (TPSA) is 181 Å². The number of hydrogen-bond donors (Lipinski definition) is 0. The number of rotatable bonds is 8. The fourth-order valence-electron chi connectivity index (χ4n) is 0.665. The van der Waals surface area contributed by atoms with Crippen LogP contribution in [0.15, 0.2) is 0 Å². The molecule has 0 N–H and O–H groups in total. The van der Waals surface area contributed by atoms with Gasteiger partial charge in [-0.15, -0.1) is 0 Å². The normalized spacial score (nSPS) is 12.2. The molecular formula is C19H30O10Ti. The molecule has 0 fully saturated rings. The van der Waals surface area contributed by atoms with Crippen molar-refractivity contribution in [1.82, 2.24) is 0 Å². The molecule has 0 saturated carbocycles. The fraction of sp³-hybridized carbons (Fsp3) is 0.684. The molecule has 0 amide bonds. The first kappa shape index (κ1) is 35.5. The zero-order valence-corrected chi connectivity index (χ0v) is 20.2. The summed E-state index contributed by atoms with van der Waals surface area (Å²) in [7, 11) is 0. The maximum absolute atomic E-state index is 10.2. The zero-order valence-electron chi connectivity index (χ0n) is 18.6. The molecule has 0 aromatic rings. The van der Waals surface area contributed by atoms with E-state index in [0.29, 0.717) is 5.92 Å². The Balaban J connectivity index is -0.000000151. The monoisotopic (exact) mass is 466 g/mol. The third-order valence-electron chi connectivity index (χ3n) is 3.31. The number of carbonyl (C=O) groups excluding carboxylic acids is 6. The van der Waals surface area contributed by atoms with Crippen molar-refractivity contribution in [3.63, 3.8) is 0 Å². The van der Waals surface area contributed by atoms with Gasteiger partial charge < -0.3 is 29.7 Å². The summed E-state index contributed by atoms with van der Waals surface area (Å²) < 4.78 is 4.80. The first-order valence-corrected chi connectivity index (χ1v) is 9.49. The molecule has 0 aliphatic heterocycles. The third kappa shape index (κ3) is 26.1. The molecule has 0 aromatic carbocycles. The van der Waals surface area contributed by atoms with E-state index in [9.17, 15) is 44.1 Å². The second-order valence-electron chi connectivity index (χ2n) is 6.66. The number of carboxylic acid groups (broad SMARTS) is 3. The van der Waals surface area contributed by atoms with Gasteiger partial charge in [0.15, 0.2) is 0 Å². The number of ketones is 3. The summed E-state index contributed by atoms with van der Waals surface area (Å²) in [5, 5.41) is 29.4. The van der Waals surface area contributed by atoms with Crippen LogP contribution >= 0.6 is 0 Å². The molecule has 0 bridgehead atoms. The van der Waals surface area contributed by atoms with E-state index in [1.54, 1.807) is 20.8 Å². The molecule has 30 heavy (non-hydrogen) atoms. The average molecular weight is 466 g/mol. The van der Waals surface area contributed by atoms with E-state index in [0.717, 1.165) is 6.61 Å². The van der Waals surface area contributed by atoms with Gasteiger partial charge in [-0.05, 0) is 20.8 Å². The van der Waals surface area contributed by atoms with Crippen LogP contribution in [0.25, 0.3) is 0 Å². The third-order valence-corrected chi connectivity index (χ3v) is 3.57. The minimum absolute atomic E-state index is 0.370. The van der Waals surface area contributed by atoms with Gasteiger partial charge in [-0.1, -0.05) is 20.8 Å². The number of Topliss-reactive ketones (excluding diaryl/α,β-unsaturated/α-hetero) is 3. The molecule has 0 saturated heterocycles. The van der Waals surface area contributed by atoms with Gasteiger partial charge in [0, 0.05) is 0 Å². The van der Waals surface area contributed by atoms with Crippen molar-refractivity contribution < 1.29 is 68.2 Å². The van der Waals surface area contributed by atoms with Crippen molar-refractivity contribution >= 4 is 35.3 Å². The van der Waals surface area contributed by atoms with Crippen molar-refractivity contribution in [2.24, 2.45) is 23.7 Å². The maximum atomic E-state index is 10.2. The van der Waals surface area contributed by atoms with Crippen molar-refractivity contribution in [2.75, 3.05) is 6.61 Å². The molecule has 11 heteroatoms. The second-order valence-corrected chi connectivity index (χ2v) is 7.11. The summed E-state index contributed by atoms with van der Waals surface area (Å²) in [6.07, 6.45) is 0. The van der Waals surface area contributed by atoms with Crippen molar-refractivity contribution in [2.45, 2.75) is 55.4 Å². The molecule has 3 unspecified atom stereocenters. The first-order valence-electron chi connectivity index (χ1n) is 8.86. The van der Waals surface area contributed by atoms with Gasteiger partial charge in [0.05, 0.1) is 35.7 Å². The van der Waals surface area contributed by atoms with Crippen LogP contribution in [0.4, 0.5) is 0 Å². The van der Waals surface area contributed by atoms with Crippen LogP contribution in [0.3, 0.4) is 0 Å². The van der Waals surface area contributed by atoms with E-state index in [1.807, 2.05) is 0 Å². The standard InChI is InChI=1S/3C5H8O3.C4H9O.Ti/c3*1-3(4(2)6)5(7)8;1-4(2)3-5;/h3*3H,1-2H3,(H,7,8);4H,3H2,1-2H3;/q;;;-1;+4/p-3. The molecule has 0 spiro atoms. The van der Waals surface area contributed by atoms with E-state index in [2.05, 4.69) is 13.8 Å². The second kappa shape index (κ2) is 20.4. The van der Waals surface area contributed by atoms with Crippen LogP contribution in [0.5, 0.6) is 0 Å². The Morgan fingerprint density at radius 1 is 0.633 bits per heavy atom. The summed E-state index contributed by atoms with van der Waals surface area (Å²) in [5.74, 6) is -7.25. The molecular weight excluding hydrogens is 436 g/mol. The quantitative estimate of drug-likeness (QED) is 0.287. The Kier molecular flexibility index (Phi) is 24.1. The van der Waals surface area contributed by atoms with Crippen molar-refractivity contribution in [1.29, 1.82) is 0 Å². The summed E-state index contributed by atoms with van der Waals surface area (Å²) in [5.41, 5.74) is 0. The Morgan fingerprint density at radius 2 is 0.833 bits per heavy atom. The van der Waals surface area contributed by atoms with Gasteiger partial charge in [0.25, 0.3) is 0 Å². The molecule has 0 rings (SSSR count). The Labute approximate surface area is 189 Å². The zero-order chi connectivity index (χ0) is 25.2. The fourth-order valence-corrected chi connectivity index (χ4v) is 1.19. The van der Waals surface area contributed by atoms with Gasteiger partial charge in [0.2, 0.25) is 0 Å². The van der Waals surface area contributed by atoms with Crippen LogP contribution < -0.4 is 15.3 Å². The summed E-state index contributed by atoms with van der Waals surface area (Å²) >= 11 is 1.72. The summed E-state index contributed by atoms with van der Waals surface area (Å²) in [6, 6.07) is 0. The van der Waals surface area contributed by atoms with Crippen LogP contribution in [-0.4, -0.2) is 41.9 Å². The molecule has 0 heterocycles. The molecule has 0 radical (unpaired) electrons. The Morgan fingerprint density at radius 3 is 0.833 bits per heavy atom. The van der Waals surface area contributed by atoms with E-state index >= 15 is 0 Å². The van der Waals surface area contributed by atoms with Gasteiger partial charge in [0.1, 0.15) is 17.3 Å². The number of carbonyl (C=O) groups is 6. The van der Waals surface area contributed by atoms with Gasteiger partial charge in [-0.3, -0.25) is 14.4 Å². The van der Waals surface area contributed by atoms with Crippen molar-refractivity contribution in [3.8, 4) is 0 Å². The van der Waals surface area contributed by atoms with Gasteiger partial charge in [-0.2, -0.15) is 0 Å². The number of hydrogen-bond acceptors (Lipinski definition) is 10. The first-order chi connectivity index (χ1) is 13.4. The molecule has 10 nitrogen and oxygen atoms in total. The molecule has 0 aromatic heterocycles. The Hall–Kier alpha value is -1.91. The van der Waals surface area contributed by atoms with E-state index in [1.165, 1.54) is 41.5 Å². The van der Waals surface area contributed by atoms with E-state index in [-0.39, 0.29) is 17.3 Å². The van der Waals surface area contributed by atoms with Crippen LogP contribution in [-0.2, 0) is 52.9 Å². The molecule has 3 atom stereocenters. The predicted octanol–water partition coefficient (Wildman–Crippen LogP) is -1.99. The number of carboxylic acids is 3. The van der Waals surface area contributed by atoms with E-state index < -0.39 is 35.7 Å². The van der Waals surface area contributed by atoms with E-state index in [4.69, 9.17) is 3.32 Å². The minimum atomic E-state index is -1.31. The molecule has 170 valence electrons. The van der Waals surface area contributed by atoms with Gasteiger partial charge >= 0.3 is 50.5 Å². The predicted molar refractivity (Wildman–Crippen MR) is 95.3 cm³/mol. The van der Waals surface area contributed by atoms with Crippen LogP contribution in [0, 0.1) is 23.7 Å². The van der Waals surface area contributed by atoms with Crippen LogP contribution in [0.1, 0.15) is 55.4 Å². The Bertz CT molecular complexity index is 458.